The van der Waals surface area contributed by atoms with Crippen molar-refractivity contribution >= 4 is 11.8 Å². The first kappa shape index (κ1) is 14.0. The van der Waals surface area contributed by atoms with Gasteiger partial charge in [0.25, 0.3) is 0 Å². The summed E-state index contributed by atoms with van der Waals surface area (Å²) in [5, 5.41) is 5.33. The van der Waals surface area contributed by atoms with Gasteiger partial charge >= 0.3 is 6.03 Å². The molecule has 0 saturated carbocycles. The molecule has 1 aromatic carbocycles. The zero-order valence-corrected chi connectivity index (χ0v) is 11.2. The molecule has 1 aromatic heterocycles. The molecule has 0 aliphatic heterocycles. The third kappa shape index (κ3) is 4.35. The van der Waals surface area contributed by atoms with E-state index >= 15 is 0 Å². The summed E-state index contributed by atoms with van der Waals surface area (Å²) >= 11 is 0. The van der Waals surface area contributed by atoms with Crippen LogP contribution in [0, 0.1) is 12.7 Å². The van der Waals surface area contributed by atoms with Crippen molar-refractivity contribution in [3.05, 3.63) is 59.5 Å². The van der Waals surface area contributed by atoms with Gasteiger partial charge in [0.15, 0.2) is 0 Å². The van der Waals surface area contributed by atoms with Crippen molar-refractivity contribution in [2.45, 2.75) is 13.3 Å². The molecule has 0 spiro atoms. The van der Waals surface area contributed by atoms with Gasteiger partial charge in [-0.25, -0.2) is 14.2 Å². The van der Waals surface area contributed by atoms with Gasteiger partial charge in [-0.1, -0.05) is 18.2 Å². The fourth-order valence-electron chi connectivity index (χ4n) is 1.72. The van der Waals surface area contributed by atoms with Crippen molar-refractivity contribution in [3.63, 3.8) is 0 Å². The van der Waals surface area contributed by atoms with Crippen molar-refractivity contribution < 1.29 is 9.18 Å². The second-order valence-corrected chi connectivity index (χ2v) is 4.48. The molecule has 0 aliphatic rings. The Labute approximate surface area is 117 Å². The van der Waals surface area contributed by atoms with E-state index in [1.807, 2.05) is 19.1 Å². The monoisotopic (exact) mass is 273 g/mol. The van der Waals surface area contributed by atoms with Crippen molar-refractivity contribution in [3.8, 4) is 0 Å². The van der Waals surface area contributed by atoms with Gasteiger partial charge in [-0.3, -0.25) is 5.32 Å². The van der Waals surface area contributed by atoms with Gasteiger partial charge in [0, 0.05) is 12.7 Å². The molecule has 2 amide bonds. The lowest BCUT2D eigenvalue weighted by molar-refractivity contribution is 0.252. The number of anilines is 1. The summed E-state index contributed by atoms with van der Waals surface area (Å²) in [4.78, 5) is 15.7. The molecule has 0 radical (unpaired) electrons. The molecule has 0 atom stereocenters. The molecule has 104 valence electrons. The Bertz CT molecular complexity index is 584. The lowest BCUT2D eigenvalue weighted by atomic mass is 10.1. The Morgan fingerprint density at radius 1 is 1.30 bits per heavy atom. The van der Waals surface area contributed by atoms with Gasteiger partial charge in [-0.05, 0) is 42.7 Å². The van der Waals surface area contributed by atoms with Crippen molar-refractivity contribution in [2.75, 3.05) is 11.9 Å². The van der Waals surface area contributed by atoms with Crippen LogP contribution < -0.4 is 10.6 Å². The fraction of sp³-hybridized carbons (Fsp3) is 0.200. The highest BCUT2D eigenvalue weighted by molar-refractivity contribution is 5.88. The Kier molecular flexibility index (Phi) is 4.65. The van der Waals surface area contributed by atoms with Gasteiger partial charge in [-0.15, -0.1) is 0 Å². The fourth-order valence-corrected chi connectivity index (χ4v) is 1.72. The predicted molar refractivity (Wildman–Crippen MR) is 76.1 cm³/mol. The van der Waals surface area contributed by atoms with Gasteiger partial charge in [0.1, 0.15) is 11.6 Å². The van der Waals surface area contributed by atoms with Crippen LogP contribution in [0.25, 0.3) is 0 Å². The maximum absolute atomic E-state index is 13.0. The van der Waals surface area contributed by atoms with Gasteiger partial charge in [-0.2, -0.15) is 0 Å². The maximum Gasteiger partial charge on any atom is 0.320 e. The highest BCUT2D eigenvalue weighted by Crippen LogP contribution is 2.04. The van der Waals surface area contributed by atoms with Crippen molar-refractivity contribution in [1.82, 2.24) is 10.3 Å². The minimum Gasteiger partial charge on any atom is -0.337 e. The largest absolute Gasteiger partial charge is 0.337 e. The summed E-state index contributed by atoms with van der Waals surface area (Å²) in [5.41, 5.74) is 1.88. The van der Waals surface area contributed by atoms with E-state index in [-0.39, 0.29) is 11.8 Å². The van der Waals surface area contributed by atoms with Gasteiger partial charge in [0.05, 0.1) is 0 Å². The molecule has 0 unspecified atom stereocenters. The van der Waals surface area contributed by atoms with Gasteiger partial charge < -0.3 is 5.32 Å². The number of benzene rings is 1. The van der Waals surface area contributed by atoms with E-state index in [0.717, 1.165) is 11.1 Å². The lowest BCUT2D eigenvalue weighted by Gasteiger charge is -2.07. The normalized spacial score (nSPS) is 10.1. The smallest absolute Gasteiger partial charge is 0.320 e. The average molecular weight is 273 g/mol. The summed E-state index contributed by atoms with van der Waals surface area (Å²) in [6, 6.07) is 9.62. The van der Waals surface area contributed by atoms with Crippen LogP contribution in [0.1, 0.15) is 11.1 Å². The van der Waals surface area contributed by atoms with Gasteiger partial charge in [0.2, 0.25) is 0 Å². The van der Waals surface area contributed by atoms with E-state index in [0.29, 0.717) is 18.8 Å². The molecule has 1 heterocycles. The van der Waals surface area contributed by atoms with Crippen molar-refractivity contribution in [2.24, 2.45) is 0 Å². The number of urea groups is 1. The summed E-state index contributed by atoms with van der Waals surface area (Å²) in [6.07, 6.45) is 2.26. The summed E-state index contributed by atoms with van der Waals surface area (Å²) in [5.74, 6) is 0.231. The van der Waals surface area contributed by atoms with E-state index in [1.54, 1.807) is 18.3 Å². The number of hydrogen-bond acceptors (Lipinski definition) is 2. The van der Waals surface area contributed by atoms with Crippen LogP contribution in [-0.2, 0) is 6.42 Å². The summed E-state index contributed by atoms with van der Waals surface area (Å²) in [6.45, 7) is 2.36. The molecule has 2 rings (SSSR count). The molecule has 5 heteroatoms. The second kappa shape index (κ2) is 6.65. The summed E-state index contributed by atoms with van der Waals surface area (Å²) < 4.78 is 13.0. The maximum atomic E-state index is 13.0. The molecular weight excluding hydrogens is 257 g/mol. The SMILES string of the molecule is Cc1ccc(NC(=O)NCCc2cccc(F)c2)nc1. The number of nitrogens with zero attached hydrogens (tertiary/aromatic N) is 1. The molecule has 2 aromatic rings. The van der Waals surface area contributed by atoms with E-state index in [2.05, 4.69) is 15.6 Å². The molecule has 0 fully saturated rings. The highest BCUT2D eigenvalue weighted by Gasteiger charge is 2.02. The van der Waals surface area contributed by atoms with E-state index in [9.17, 15) is 9.18 Å². The first-order chi connectivity index (χ1) is 9.63. The van der Waals surface area contributed by atoms with Crippen LogP contribution in [0.3, 0.4) is 0 Å². The molecular formula is C15H16FN3O. The molecule has 0 saturated heterocycles. The van der Waals surface area contributed by atoms with E-state index in [1.165, 1.54) is 12.1 Å². The number of hydrogen-bond donors (Lipinski definition) is 2. The van der Waals surface area contributed by atoms with Crippen LogP contribution in [0.4, 0.5) is 15.0 Å². The Hall–Kier alpha value is -2.43. The molecule has 2 N–H and O–H groups in total. The number of amides is 2. The number of carbonyl (C=O) groups is 1. The standard InChI is InChI=1S/C15H16FN3O/c1-11-5-6-14(18-10-11)19-15(20)17-8-7-12-3-2-4-13(16)9-12/h2-6,9-10H,7-8H2,1H3,(H2,17,18,19,20). The number of carbonyl (C=O) groups excluding carboxylic acids is 1. The van der Waals surface area contributed by atoms with Crippen molar-refractivity contribution in [1.29, 1.82) is 0 Å². The predicted octanol–water partition coefficient (Wildman–Crippen LogP) is 2.89. The Morgan fingerprint density at radius 3 is 2.85 bits per heavy atom. The topological polar surface area (TPSA) is 54.0 Å². The Morgan fingerprint density at radius 2 is 2.15 bits per heavy atom. The second-order valence-electron chi connectivity index (χ2n) is 4.48. The highest BCUT2D eigenvalue weighted by atomic mass is 19.1. The van der Waals surface area contributed by atoms with Crippen LogP contribution >= 0.6 is 0 Å². The first-order valence-electron chi connectivity index (χ1n) is 6.35. The van der Waals surface area contributed by atoms with Crippen LogP contribution in [-0.4, -0.2) is 17.6 Å². The van der Waals surface area contributed by atoms with Crippen LogP contribution in [0.2, 0.25) is 0 Å². The number of aromatic nitrogens is 1. The van der Waals surface area contributed by atoms with E-state index in [4.69, 9.17) is 0 Å². The molecule has 20 heavy (non-hydrogen) atoms. The number of nitrogens with one attached hydrogen (secondary N) is 2. The number of pyridine rings is 1. The lowest BCUT2D eigenvalue weighted by Crippen LogP contribution is -2.30. The quantitative estimate of drug-likeness (QED) is 0.900. The zero-order chi connectivity index (χ0) is 14.4. The minimum atomic E-state index is -0.322. The molecule has 0 bridgehead atoms. The van der Waals surface area contributed by atoms with E-state index < -0.39 is 0 Å². The third-order valence-corrected chi connectivity index (χ3v) is 2.74. The zero-order valence-electron chi connectivity index (χ0n) is 11.2. The number of aryl methyl sites for hydroxylation is 1. The molecule has 0 aliphatic carbocycles. The Balaban J connectivity index is 1.76. The minimum absolute atomic E-state index is 0.268. The third-order valence-electron chi connectivity index (χ3n) is 2.74. The summed E-state index contributed by atoms with van der Waals surface area (Å²) in [7, 11) is 0. The average Bonchev–Trinajstić information content (AvgIpc) is 2.41. The number of halogens is 1. The molecule has 4 nitrogen and oxygen atoms in total. The first-order valence-corrected chi connectivity index (χ1v) is 6.35. The van der Waals surface area contributed by atoms with Crippen LogP contribution in [0.5, 0.6) is 0 Å². The number of rotatable bonds is 4. The van der Waals surface area contributed by atoms with Crippen LogP contribution in [0.15, 0.2) is 42.6 Å².